The van der Waals surface area contributed by atoms with Crippen LogP contribution in [0.15, 0.2) is 6.20 Å². The Kier molecular flexibility index (Phi) is 4.27. The third-order valence-electron chi connectivity index (χ3n) is 2.38. The molecule has 0 saturated heterocycles. The standard InChI is InChI=1S/C8H16N4S/c1-3-6(4-2)8(11-9)7-5-10-12-13-7/h5-6,8,11H,3-4,9H2,1-2H3. The molecular formula is C8H16N4S. The molecule has 0 aromatic carbocycles. The van der Waals surface area contributed by atoms with Crippen molar-refractivity contribution in [1.29, 1.82) is 0 Å². The van der Waals surface area contributed by atoms with E-state index >= 15 is 0 Å². The van der Waals surface area contributed by atoms with Crippen molar-refractivity contribution in [3.05, 3.63) is 11.1 Å². The number of rotatable bonds is 5. The van der Waals surface area contributed by atoms with E-state index in [1.54, 1.807) is 6.20 Å². The van der Waals surface area contributed by atoms with Crippen LogP contribution in [0.25, 0.3) is 0 Å². The third-order valence-corrected chi connectivity index (χ3v) is 3.13. The molecule has 0 aliphatic heterocycles. The third kappa shape index (κ3) is 2.46. The Balaban J connectivity index is 2.72. The first kappa shape index (κ1) is 10.6. The summed E-state index contributed by atoms with van der Waals surface area (Å²) in [6.45, 7) is 4.35. The molecule has 4 nitrogen and oxygen atoms in total. The number of nitrogens with one attached hydrogen (secondary N) is 1. The van der Waals surface area contributed by atoms with Gasteiger partial charge in [0.2, 0.25) is 0 Å². The fourth-order valence-electron chi connectivity index (χ4n) is 1.52. The topological polar surface area (TPSA) is 63.8 Å². The van der Waals surface area contributed by atoms with Gasteiger partial charge in [0.15, 0.2) is 0 Å². The van der Waals surface area contributed by atoms with Gasteiger partial charge in [-0.2, -0.15) is 0 Å². The van der Waals surface area contributed by atoms with Crippen LogP contribution in [-0.2, 0) is 0 Å². The Labute approximate surface area is 82.7 Å². The van der Waals surface area contributed by atoms with E-state index in [0.717, 1.165) is 17.7 Å². The summed E-state index contributed by atoms with van der Waals surface area (Å²) in [6.07, 6.45) is 4.01. The van der Waals surface area contributed by atoms with Crippen LogP contribution in [0, 0.1) is 5.92 Å². The predicted octanol–water partition coefficient (Wildman–Crippen LogP) is 1.48. The summed E-state index contributed by atoms with van der Waals surface area (Å²) in [5, 5.41) is 3.81. The first-order valence-corrected chi connectivity index (χ1v) is 5.34. The Morgan fingerprint density at radius 1 is 1.54 bits per heavy atom. The van der Waals surface area contributed by atoms with Crippen molar-refractivity contribution in [3.63, 3.8) is 0 Å². The summed E-state index contributed by atoms with van der Waals surface area (Å²) >= 11 is 1.41. The molecule has 0 bridgehead atoms. The van der Waals surface area contributed by atoms with Crippen molar-refractivity contribution in [3.8, 4) is 0 Å². The molecule has 13 heavy (non-hydrogen) atoms. The Bertz CT molecular complexity index is 220. The van der Waals surface area contributed by atoms with Gasteiger partial charge in [-0.25, -0.2) is 0 Å². The van der Waals surface area contributed by atoms with Crippen molar-refractivity contribution in [1.82, 2.24) is 15.0 Å². The average Bonchev–Trinajstić information content (AvgIpc) is 2.66. The van der Waals surface area contributed by atoms with E-state index in [4.69, 9.17) is 5.84 Å². The van der Waals surface area contributed by atoms with Crippen LogP contribution < -0.4 is 11.3 Å². The molecule has 1 rings (SSSR count). The highest BCUT2D eigenvalue weighted by Crippen LogP contribution is 2.27. The molecule has 1 aromatic heterocycles. The monoisotopic (exact) mass is 200 g/mol. The summed E-state index contributed by atoms with van der Waals surface area (Å²) in [6, 6.07) is 0.204. The molecule has 0 saturated carbocycles. The van der Waals surface area contributed by atoms with E-state index in [-0.39, 0.29) is 6.04 Å². The van der Waals surface area contributed by atoms with Crippen LogP contribution in [0.2, 0.25) is 0 Å². The highest BCUT2D eigenvalue weighted by atomic mass is 32.1. The van der Waals surface area contributed by atoms with Gasteiger partial charge in [0.1, 0.15) is 0 Å². The summed E-state index contributed by atoms with van der Waals surface area (Å²) in [5.74, 6) is 6.08. The molecule has 0 spiro atoms. The fraction of sp³-hybridized carbons (Fsp3) is 0.750. The first-order chi connectivity index (χ1) is 6.33. The second-order valence-corrected chi connectivity index (χ2v) is 3.86. The zero-order valence-corrected chi connectivity index (χ0v) is 8.84. The molecule has 1 heterocycles. The van der Waals surface area contributed by atoms with Crippen LogP contribution in [0.3, 0.4) is 0 Å². The van der Waals surface area contributed by atoms with E-state index in [1.165, 1.54) is 11.5 Å². The summed E-state index contributed by atoms with van der Waals surface area (Å²) in [7, 11) is 0. The second kappa shape index (κ2) is 5.26. The van der Waals surface area contributed by atoms with E-state index in [9.17, 15) is 0 Å². The van der Waals surface area contributed by atoms with Crippen LogP contribution in [-0.4, -0.2) is 9.59 Å². The lowest BCUT2D eigenvalue weighted by atomic mass is 9.94. The summed E-state index contributed by atoms with van der Waals surface area (Å²) < 4.78 is 3.84. The van der Waals surface area contributed by atoms with Crippen molar-refractivity contribution >= 4 is 11.5 Å². The maximum atomic E-state index is 5.52. The number of nitrogens with zero attached hydrogens (tertiary/aromatic N) is 2. The zero-order valence-electron chi connectivity index (χ0n) is 8.03. The van der Waals surface area contributed by atoms with Crippen LogP contribution in [0.5, 0.6) is 0 Å². The van der Waals surface area contributed by atoms with Gasteiger partial charge in [-0.05, 0) is 17.5 Å². The summed E-state index contributed by atoms with van der Waals surface area (Å²) in [4.78, 5) is 1.12. The van der Waals surface area contributed by atoms with Gasteiger partial charge in [-0.15, -0.1) is 5.10 Å². The Hall–Kier alpha value is -0.520. The lowest BCUT2D eigenvalue weighted by Gasteiger charge is -2.22. The van der Waals surface area contributed by atoms with Crippen LogP contribution in [0.1, 0.15) is 37.6 Å². The van der Waals surface area contributed by atoms with Gasteiger partial charge in [-0.1, -0.05) is 31.2 Å². The fourth-order valence-corrected chi connectivity index (χ4v) is 2.18. The quantitative estimate of drug-likeness (QED) is 0.558. The number of hydrazine groups is 1. The largest absolute Gasteiger partial charge is 0.271 e. The Morgan fingerprint density at radius 3 is 2.62 bits per heavy atom. The van der Waals surface area contributed by atoms with Gasteiger partial charge < -0.3 is 0 Å². The minimum atomic E-state index is 0.204. The molecule has 0 amide bonds. The van der Waals surface area contributed by atoms with Gasteiger partial charge in [0.25, 0.3) is 0 Å². The van der Waals surface area contributed by atoms with E-state index in [1.807, 2.05) is 0 Å². The zero-order chi connectivity index (χ0) is 9.68. The molecular weight excluding hydrogens is 184 g/mol. The smallest absolute Gasteiger partial charge is 0.0669 e. The minimum absolute atomic E-state index is 0.204. The maximum absolute atomic E-state index is 5.52. The van der Waals surface area contributed by atoms with Crippen LogP contribution >= 0.6 is 11.5 Å². The van der Waals surface area contributed by atoms with Gasteiger partial charge in [-0.3, -0.25) is 11.3 Å². The van der Waals surface area contributed by atoms with Gasteiger partial charge in [0, 0.05) is 0 Å². The van der Waals surface area contributed by atoms with Gasteiger partial charge in [0.05, 0.1) is 17.1 Å². The lowest BCUT2D eigenvalue weighted by molar-refractivity contribution is 0.349. The molecule has 1 atom stereocenters. The van der Waals surface area contributed by atoms with Crippen molar-refractivity contribution < 1.29 is 0 Å². The number of hydrogen-bond acceptors (Lipinski definition) is 5. The molecule has 3 N–H and O–H groups in total. The normalized spacial score (nSPS) is 13.5. The maximum Gasteiger partial charge on any atom is 0.0669 e. The predicted molar refractivity (Wildman–Crippen MR) is 54.0 cm³/mol. The van der Waals surface area contributed by atoms with Gasteiger partial charge >= 0.3 is 0 Å². The molecule has 0 aliphatic rings. The summed E-state index contributed by atoms with van der Waals surface area (Å²) in [5.41, 5.74) is 2.84. The van der Waals surface area contributed by atoms with Crippen molar-refractivity contribution in [2.75, 3.05) is 0 Å². The minimum Gasteiger partial charge on any atom is -0.271 e. The van der Waals surface area contributed by atoms with E-state index < -0.39 is 0 Å². The van der Waals surface area contributed by atoms with Crippen molar-refractivity contribution in [2.24, 2.45) is 11.8 Å². The molecule has 0 fully saturated rings. The molecule has 0 aliphatic carbocycles. The number of aromatic nitrogens is 2. The van der Waals surface area contributed by atoms with E-state index in [2.05, 4.69) is 28.9 Å². The van der Waals surface area contributed by atoms with Crippen molar-refractivity contribution in [2.45, 2.75) is 32.7 Å². The Morgan fingerprint density at radius 2 is 2.23 bits per heavy atom. The molecule has 74 valence electrons. The molecule has 1 unspecified atom stereocenters. The molecule has 0 radical (unpaired) electrons. The number of nitrogens with two attached hydrogens (primary N) is 1. The van der Waals surface area contributed by atoms with Crippen LogP contribution in [0.4, 0.5) is 0 Å². The molecule has 5 heteroatoms. The highest BCUT2D eigenvalue weighted by Gasteiger charge is 2.20. The SMILES string of the molecule is CCC(CC)C(NN)c1cnns1. The second-order valence-electron chi connectivity index (χ2n) is 3.04. The average molecular weight is 200 g/mol. The lowest BCUT2D eigenvalue weighted by Crippen LogP contribution is -2.32. The number of hydrogen-bond donors (Lipinski definition) is 2. The molecule has 1 aromatic rings. The first-order valence-electron chi connectivity index (χ1n) is 4.56. The highest BCUT2D eigenvalue weighted by molar-refractivity contribution is 7.05. The van der Waals surface area contributed by atoms with E-state index in [0.29, 0.717) is 5.92 Å².